The van der Waals surface area contributed by atoms with Gasteiger partial charge >= 0.3 is 5.97 Å². The van der Waals surface area contributed by atoms with E-state index in [4.69, 9.17) is 0 Å². The van der Waals surface area contributed by atoms with Gasteiger partial charge in [-0.1, -0.05) is 6.07 Å². The number of benzene rings is 1. The van der Waals surface area contributed by atoms with Gasteiger partial charge in [0, 0.05) is 26.5 Å². The lowest BCUT2D eigenvalue weighted by molar-refractivity contribution is -0.137. The maximum absolute atomic E-state index is 13.0. The minimum Gasteiger partial charge on any atom is -0.480 e. The SMILES string of the molecule is CNc1ccc2c(=O)c3ccc(C)c(N(C)C)c3n(CC(=O)O)c2n1. The number of aryl methyl sites for hydroxylation is 1. The van der Waals surface area contributed by atoms with Gasteiger partial charge in [-0.3, -0.25) is 9.59 Å². The summed E-state index contributed by atoms with van der Waals surface area (Å²) in [4.78, 5) is 30.8. The minimum absolute atomic E-state index is 0.148. The van der Waals surface area contributed by atoms with Gasteiger partial charge in [0.1, 0.15) is 18.0 Å². The van der Waals surface area contributed by atoms with Crippen LogP contribution in [-0.4, -0.2) is 41.8 Å². The van der Waals surface area contributed by atoms with E-state index in [0.717, 1.165) is 11.3 Å². The Labute approximate surface area is 144 Å². The molecule has 0 saturated carbocycles. The third-order valence-corrected chi connectivity index (χ3v) is 4.24. The molecule has 0 saturated heterocycles. The van der Waals surface area contributed by atoms with E-state index < -0.39 is 5.97 Å². The molecular weight excluding hydrogens is 320 g/mol. The Balaban J connectivity index is 2.62. The Morgan fingerprint density at radius 3 is 2.52 bits per heavy atom. The van der Waals surface area contributed by atoms with Crippen molar-refractivity contribution in [2.24, 2.45) is 0 Å². The minimum atomic E-state index is -0.992. The molecule has 0 aliphatic carbocycles. The number of fused-ring (bicyclic) bond motifs is 2. The summed E-state index contributed by atoms with van der Waals surface area (Å²) >= 11 is 0. The van der Waals surface area contributed by atoms with Crippen LogP contribution in [0.25, 0.3) is 21.9 Å². The van der Waals surface area contributed by atoms with Crippen LogP contribution in [-0.2, 0) is 11.3 Å². The Morgan fingerprint density at radius 2 is 1.92 bits per heavy atom. The van der Waals surface area contributed by atoms with Crippen LogP contribution in [0.15, 0.2) is 29.1 Å². The molecule has 0 amide bonds. The van der Waals surface area contributed by atoms with E-state index in [1.165, 1.54) is 0 Å². The smallest absolute Gasteiger partial charge is 0.323 e. The van der Waals surface area contributed by atoms with Crippen molar-refractivity contribution in [1.29, 1.82) is 0 Å². The third kappa shape index (κ3) is 2.67. The van der Waals surface area contributed by atoms with E-state index in [1.54, 1.807) is 29.8 Å². The van der Waals surface area contributed by atoms with Crippen molar-refractivity contribution in [3.63, 3.8) is 0 Å². The zero-order valence-electron chi connectivity index (χ0n) is 14.6. The number of pyridine rings is 2. The van der Waals surface area contributed by atoms with Crippen molar-refractivity contribution < 1.29 is 9.90 Å². The monoisotopic (exact) mass is 340 g/mol. The summed E-state index contributed by atoms with van der Waals surface area (Å²) in [6.07, 6.45) is 0. The molecule has 25 heavy (non-hydrogen) atoms. The molecule has 2 N–H and O–H groups in total. The van der Waals surface area contributed by atoms with Gasteiger partial charge in [-0.2, -0.15) is 0 Å². The number of hydrogen-bond acceptors (Lipinski definition) is 5. The van der Waals surface area contributed by atoms with Crippen LogP contribution in [0.3, 0.4) is 0 Å². The number of nitrogens with zero attached hydrogens (tertiary/aromatic N) is 3. The van der Waals surface area contributed by atoms with Crippen LogP contribution in [0.2, 0.25) is 0 Å². The van der Waals surface area contributed by atoms with Crippen LogP contribution in [0.1, 0.15) is 5.56 Å². The molecule has 7 nitrogen and oxygen atoms in total. The topological polar surface area (TPSA) is 87.5 Å². The van der Waals surface area contributed by atoms with E-state index in [-0.39, 0.29) is 12.0 Å². The summed E-state index contributed by atoms with van der Waals surface area (Å²) in [6, 6.07) is 7.03. The summed E-state index contributed by atoms with van der Waals surface area (Å²) in [5.41, 5.74) is 2.57. The van der Waals surface area contributed by atoms with E-state index >= 15 is 0 Å². The Morgan fingerprint density at radius 1 is 1.24 bits per heavy atom. The highest BCUT2D eigenvalue weighted by atomic mass is 16.4. The zero-order valence-corrected chi connectivity index (χ0v) is 14.6. The van der Waals surface area contributed by atoms with Crippen molar-refractivity contribution in [3.8, 4) is 0 Å². The molecule has 0 bridgehead atoms. The summed E-state index contributed by atoms with van der Waals surface area (Å²) in [7, 11) is 5.47. The number of hydrogen-bond donors (Lipinski definition) is 2. The molecule has 7 heteroatoms. The molecule has 2 heterocycles. The highest BCUT2D eigenvalue weighted by Gasteiger charge is 2.19. The number of carbonyl (C=O) groups is 1. The largest absolute Gasteiger partial charge is 0.480 e. The van der Waals surface area contributed by atoms with E-state index in [9.17, 15) is 14.7 Å². The quantitative estimate of drug-likeness (QED) is 0.707. The fourth-order valence-corrected chi connectivity index (χ4v) is 3.21. The van der Waals surface area contributed by atoms with Gasteiger partial charge in [0.15, 0.2) is 5.43 Å². The van der Waals surface area contributed by atoms with Crippen LogP contribution in [0.5, 0.6) is 0 Å². The highest BCUT2D eigenvalue weighted by molar-refractivity contribution is 6.00. The van der Waals surface area contributed by atoms with Gasteiger partial charge in [0.25, 0.3) is 0 Å². The van der Waals surface area contributed by atoms with Crippen molar-refractivity contribution >= 4 is 39.4 Å². The van der Waals surface area contributed by atoms with Gasteiger partial charge in [0.05, 0.1) is 16.6 Å². The maximum atomic E-state index is 13.0. The van der Waals surface area contributed by atoms with Crippen LogP contribution >= 0.6 is 0 Å². The lowest BCUT2D eigenvalue weighted by atomic mass is 10.1. The first-order chi connectivity index (χ1) is 11.8. The third-order valence-electron chi connectivity index (χ3n) is 4.24. The number of rotatable bonds is 4. The predicted molar refractivity (Wildman–Crippen MR) is 99.8 cm³/mol. The molecule has 0 aliphatic rings. The van der Waals surface area contributed by atoms with Crippen LogP contribution in [0, 0.1) is 6.92 Å². The average Bonchev–Trinajstić information content (AvgIpc) is 2.57. The van der Waals surface area contributed by atoms with Crippen molar-refractivity contribution in [3.05, 3.63) is 40.1 Å². The number of aliphatic carboxylic acids is 1. The summed E-state index contributed by atoms with van der Waals surface area (Å²) in [5, 5.41) is 13.2. The molecule has 0 unspecified atom stereocenters. The molecular formula is C18H20N4O3. The van der Waals surface area contributed by atoms with Crippen LogP contribution in [0.4, 0.5) is 11.5 Å². The molecule has 0 aliphatic heterocycles. The molecule has 0 atom stereocenters. The highest BCUT2D eigenvalue weighted by Crippen LogP contribution is 2.30. The van der Waals surface area contributed by atoms with Gasteiger partial charge < -0.3 is 19.9 Å². The summed E-state index contributed by atoms with van der Waals surface area (Å²) in [5.74, 6) is -0.418. The second kappa shape index (κ2) is 6.08. The number of carboxylic acid groups (broad SMARTS) is 1. The zero-order chi connectivity index (χ0) is 18.3. The van der Waals surface area contributed by atoms with Gasteiger partial charge in [-0.25, -0.2) is 4.98 Å². The summed E-state index contributed by atoms with van der Waals surface area (Å²) in [6.45, 7) is 1.66. The fourth-order valence-electron chi connectivity index (χ4n) is 3.21. The maximum Gasteiger partial charge on any atom is 0.323 e. The number of aromatic nitrogens is 2. The predicted octanol–water partition coefficient (Wildman–Crippen LogP) is 2.05. The molecule has 1 aromatic carbocycles. The lowest BCUT2D eigenvalue weighted by Crippen LogP contribution is -2.21. The molecule has 3 aromatic rings. The van der Waals surface area contributed by atoms with Crippen molar-refractivity contribution in [1.82, 2.24) is 9.55 Å². The first-order valence-electron chi connectivity index (χ1n) is 7.89. The van der Waals surface area contributed by atoms with Crippen LogP contribution < -0.4 is 15.6 Å². The summed E-state index contributed by atoms with van der Waals surface area (Å²) < 4.78 is 1.61. The Kier molecular flexibility index (Phi) is 4.08. The van der Waals surface area contributed by atoms with Gasteiger partial charge in [0.2, 0.25) is 0 Å². The van der Waals surface area contributed by atoms with Gasteiger partial charge in [-0.05, 0) is 30.7 Å². The van der Waals surface area contributed by atoms with E-state index in [1.807, 2.05) is 32.0 Å². The van der Waals surface area contributed by atoms with Gasteiger partial charge in [-0.15, -0.1) is 0 Å². The second-order valence-electron chi connectivity index (χ2n) is 6.15. The van der Waals surface area contributed by atoms with Crippen molar-refractivity contribution in [2.75, 3.05) is 31.4 Å². The van der Waals surface area contributed by atoms with E-state index in [2.05, 4.69) is 10.3 Å². The standard InChI is InChI=1S/C18H20N4O3/c1-10-5-6-11-16(15(10)21(3)4)22(9-14(23)24)18-12(17(11)25)7-8-13(19-2)20-18/h5-8H,9H2,1-4H3,(H,19,20)(H,23,24). The first-order valence-corrected chi connectivity index (χ1v) is 7.89. The van der Waals surface area contributed by atoms with Crippen molar-refractivity contribution in [2.45, 2.75) is 13.5 Å². The number of anilines is 2. The number of nitrogens with one attached hydrogen (secondary N) is 1. The molecule has 2 aromatic heterocycles. The van der Waals surface area contributed by atoms with E-state index in [0.29, 0.717) is 27.8 Å². The molecule has 3 rings (SSSR count). The Hall–Kier alpha value is -3.09. The lowest BCUT2D eigenvalue weighted by Gasteiger charge is -2.22. The second-order valence-corrected chi connectivity index (χ2v) is 6.15. The number of carboxylic acids is 1. The molecule has 0 radical (unpaired) electrons. The average molecular weight is 340 g/mol. The molecule has 130 valence electrons. The molecule has 0 fully saturated rings. The normalized spacial score (nSPS) is 11.0. The fraction of sp³-hybridized carbons (Fsp3) is 0.278. The first kappa shape index (κ1) is 16.8. The molecule has 0 spiro atoms. The Bertz CT molecular complexity index is 1050.